The minimum Gasteiger partial charge on any atom is -0.444 e. The third kappa shape index (κ3) is 3.97. The number of hydrogen-bond acceptors (Lipinski definition) is 3. The fourth-order valence-corrected chi connectivity index (χ4v) is 3.70. The van der Waals surface area contributed by atoms with Crippen LogP contribution in [0.4, 0.5) is 4.79 Å². The molecule has 0 aromatic rings. The molecule has 114 valence electrons. The van der Waals surface area contributed by atoms with Crippen molar-refractivity contribution < 1.29 is 14.3 Å². The first-order valence-corrected chi connectivity index (χ1v) is 7.84. The molecule has 2 rings (SSSR count). The normalized spacial score (nSPS) is 34.0. The second kappa shape index (κ2) is 6.15. The van der Waals surface area contributed by atoms with Crippen LogP contribution in [-0.4, -0.2) is 24.0 Å². The predicted octanol–water partition coefficient (Wildman–Crippen LogP) is 3.30. The Hall–Kier alpha value is -1.06. The zero-order valence-electron chi connectivity index (χ0n) is 12.9. The van der Waals surface area contributed by atoms with E-state index in [0.717, 1.165) is 19.1 Å². The Bertz CT molecular complexity index is 361. The number of ether oxygens (including phenoxy) is 1. The van der Waals surface area contributed by atoms with Crippen LogP contribution in [0.25, 0.3) is 0 Å². The van der Waals surface area contributed by atoms with Crippen LogP contribution in [0.2, 0.25) is 0 Å². The first-order valence-electron chi connectivity index (χ1n) is 7.84. The summed E-state index contributed by atoms with van der Waals surface area (Å²) in [6.07, 6.45) is 7.53. The van der Waals surface area contributed by atoms with Crippen LogP contribution < -0.4 is 5.32 Å². The zero-order chi connectivity index (χ0) is 14.8. The lowest BCUT2D eigenvalue weighted by Crippen LogP contribution is -2.49. The number of amides is 1. The fraction of sp³-hybridized carbons (Fsp3) is 0.875. The highest BCUT2D eigenvalue weighted by atomic mass is 16.6. The van der Waals surface area contributed by atoms with Crippen LogP contribution in [0.15, 0.2) is 0 Å². The molecule has 20 heavy (non-hydrogen) atoms. The average molecular weight is 281 g/mol. The van der Waals surface area contributed by atoms with Gasteiger partial charge in [-0.15, -0.1) is 0 Å². The lowest BCUT2D eigenvalue weighted by Gasteiger charge is -2.42. The summed E-state index contributed by atoms with van der Waals surface area (Å²) >= 11 is 0. The zero-order valence-corrected chi connectivity index (χ0v) is 12.9. The van der Waals surface area contributed by atoms with Crippen LogP contribution in [0, 0.1) is 17.8 Å². The molecule has 2 saturated carbocycles. The number of nitrogens with one attached hydrogen (secondary N) is 1. The second-order valence-electron chi connectivity index (χ2n) is 7.33. The van der Waals surface area contributed by atoms with E-state index in [4.69, 9.17) is 4.74 Å². The van der Waals surface area contributed by atoms with Crippen LogP contribution in [0.5, 0.6) is 0 Å². The summed E-state index contributed by atoms with van der Waals surface area (Å²) in [5, 5.41) is 2.92. The van der Waals surface area contributed by atoms with Crippen molar-refractivity contribution in [2.24, 2.45) is 17.8 Å². The summed E-state index contributed by atoms with van der Waals surface area (Å²) in [6, 6.07) is -0.0540. The highest BCUT2D eigenvalue weighted by molar-refractivity contribution is 5.69. The highest BCUT2D eigenvalue weighted by Gasteiger charge is 2.39. The number of carbonyl (C=O) groups excluding carboxylic acids is 2. The largest absolute Gasteiger partial charge is 0.444 e. The number of rotatable bonds is 2. The van der Waals surface area contributed by atoms with Crippen molar-refractivity contribution in [2.75, 3.05) is 0 Å². The van der Waals surface area contributed by atoms with E-state index in [1.807, 2.05) is 20.8 Å². The minimum atomic E-state index is -0.497. The summed E-state index contributed by atoms with van der Waals surface area (Å²) < 4.78 is 5.30. The molecule has 1 N–H and O–H groups in total. The van der Waals surface area contributed by atoms with Gasteiger partial charge in [0.1, 0.15) is 11.9 Å². The quantitative estimate of drug-likeness (QED) is 0.790. The molecular formula is C16H27NO3. The monoisotopic (exact) mass is 281 g/mol. The third-order valence-electron chi connectivity index (χ3n) is 4.59. The van der Waals surface area contributed by atoms with Gasteiger partial charge in [-0.2, -0.15) is 0 Å². The standard InChI is InChI=1S/C16H27NO3/c1-16(2,3)20-15(19)17-14-9-12-7-5-4-6-11(12)8-13(14)10-18/h10-14H,4-9H2,1-3H3,(H,17,19). The first kappa shape index (κ1) is 15.3. The minimum absolute atomic E-state index is 0.0538. The van der Waals surface area contributed by atoms with Gasteiger partial charge in [0.25, 0.3) is 0 Å². The van der Waals surface area contributed by atoms with Gasteiger partial charge in [-0.05, 0) is 45.4 Å². The average Bonchev–Trinajstić information content (AvgIpc) is 2.35. The Labute approximate surface area is 121 Å². The number of alkyl carbamates (subject to hydrolysis) is 1. The predicted molar refractivity (Wildman–Crippen MR) is 77.4 cm³/mol. The molecule has 0 aliphatic heterocycles. The van der Waals surface area contributed by atoms with Crippen LogP contribution in [0.1, 0.15) is 59.3 Å². The van der Waals surface area contributed by atoms with E-state index in [1.54, 1.807) is 0 Å². The molecule has 4 unspecified atom stereocenters. The second-order valence-corrected chi connectivity index (χ2v) is 7.33. The SMILES string of the molecule is CC(C)(C)OC(=O)NC1CC2CCCCC2CC1C=O. The molecule has 1 amide bonds. The smallest absolute Gasteiger partial charge is 0.407 e. The molecule has 4 atom stereocenters. The molecule has 0 spiro atoms. The van der Waals surface area contributed by atoms with E-state index in [9.17, 15) is 9.59 Å². The van der Waals surface area contributed by atoms with E-state index in [2.05, 4.69) is 5.32 Å². The van der Waals surface area contributed by atoms with Crippen LogP contribution in [-0.2, 0) is 9.53 Å². The lowest BCUT2D eigenvalue weighted by atomic mass is 9.66. The highest BCUT2D eigenvalue weighted by Crippen LogP contribution is 2.42. The van der Waals surface area contributed by atoms with Gasteiger partial charge in [0.05, 0.1) is 0 Å². The summed E-state index contributed by atoms with van der Waals surface area (Å²) in [7, 11) is 0. The van der Waals surface area contributed by atoms with E-state index >= 15 is 0 Å². The molecule has 0 aromatic heterocycles. The molecule has 4 nitrogen and oxygen atoms in total. The molecule has 0 saturated heterocycles. The molecule has 2 aliphatic rings. The van der Waals surface area contributed by atoms with Crippen molar-refractivity contribution in [3.63, 3.8) is 0 Å². The summed E-state index contributed by atoms with van der Waals surface area (Å²) in [5.74, 6) is 1.29. The van der Waals surface area contributed by atoms with Crippen molar-refractivity contribution in [1.82, 2.24) is 5.32 Å². The van der Waals surface area contributed by atoms with E-state index in [0.29, 0.717) is 11.8 Å². The van der Waals surface area contributed by atoms with Gasteiger partial charge >= 0.3 is 6.09 Å². The molecule has 4 heteroatoms. The van der Waals surface area contributed by atoms with Gasteiger partial charge in [-0.3, -0.25) is 0 Å². The third-order valence-corrected chi connectivity index (χ3v) is 4.59. The Kier molecular flexibility index (Phi) is 4.71. The number of aldehydes is 1. The van der Waals surface area contributed by atoms with Gasteiger partial charge < -0.3 is 14.8 Å². The van der Waals surface area contributed by atoms with Crippen LogP contribution in [0.3, 0.4) is 0 Å². The first-order chi connectivity index (χ1) is 9.39. The van der Waals surface area contributed by atoms with Crippen molar-refractivity contribution in [2.45, 2.75) is 70.9 Å². The van der Waals surface area contributed by atoms with Crippen molar-refractivity contribution in [3.8, 4) is 0 Å². The van der Waals surface area contributed by atoms with Crippen molar-refractivity contribution >= 4 is 12.4 Å². The maximum Gasteiger partial charge on any atom is 0.407 e. The Morgan fingerprint density at radius 3 is 2.30 bits per heavy atom. The molecule has 0 heterocycles. The van der Waals surface area contributed by atoms with Gasteiger partial charge in [0, 0.05) is 12.0 Å². The Morgan fingerprint density at radius 2 is 1.75 bits per heavy atom. The summed E-state index contributed by atoms with van der Waals surface area (Å²) in [5.41, 5.74) is -0.497. The Morgan fingerprint density at radius 1 is 1.15 bits per heavy atom. The van der Waals surface area contributed by atoms with Gasteiger partial charge in [-0.1, -0.05) is 25.7 Å². The molecule has 2 aliphatic carbocycles. The van der Waals surface area contributed by atoms with Gasteiger partial charge in [0.2, 0.25) is 0 Å². The van der Waals surface area contributed by atoms with Gasteiger partial charge in [-0.25, -0.2) is 4.79 Å². The fourth-order valence-electron chi connectivity index (χ4n) is 3.70. The molecule has 0 radical (unpaired) electrons. The summed E-state index contributed by atoms with van der Waals surface area (Å²) in [6.45, 7) is 5.55. The summed E-state index contributed by atoms with van der Waals surface area (Å²) in [4.78, 5) is 23.2. The van der Waals surface area contributed by atoms with E-state index in [1.165, 1.54) is 25.7 Å². The van der Waals surface area contributed by atoms with Gasteiger partial charge in [0.15, 0.2) is 0 Å². The maximum atomic E-state index is 11.9. The number of hydrogen-bond donors (Lipinski definition) is 1. The van der Waals surface area contributed by atoms with Crippen LogP contribution >= 0.6 is 0 Å². The van der Waals surface area contributed by atoms with E-state index < -0.39 is 11.7 Å². The Balaban J connectivity index is 1.95. The maximum absolute atomic E-state index is 11.9. The molecule has 2 fully saturated rings. The van der Waals surface area contributed by atoms with Crippen molar-refractivity contribution in [3.05, 3.63) is 0 Å². The molecule has 0 aromatic carbocycles. The number of carbonyl (C=O) groups is 2. The molecule has 0 bridgehead atoms. The van der Waals surface area contributed by atoms with E-state index in [-0.39, 0.29) is 12.0 Å². The number of fused-ring (bicyclic) bond motifs is 1. The lowest BCUT2D eigenvalue weighted by molar-refractivity contribution is -0.114. The topological polar surface area (TPSA) is 55.4 Å². The molecular weight excluding hydrogens is 254 g/mol. The van der Waals surface area contributed by atoms with Crippen molar-refractivity contribution in [1.29, 1.82) is 0 Å².